The second-order valence-electron chi connectivity index (χ2n) is 7.02. The van der Waals surface area contributed by atoms with Gasteiger partial charge in [0.1, 0.15) is 4.99 Å². The number of thiocarbonyl (C=S) groups is 1. The van der Waals surface area contributed by atoms with Gasteiger partial charge in [-0.2, -0.15) is 0 Å². The molecule has 3 rings (SSSR count). The number of piperidine rings is 1. The maximum Gasteiger partial charge on any atom is 0.343 e. The first-order valence-corrected chi connectivity index (χ1v) is 10.4. The van der Waals surface area contributed by atoms with Crippen LogP contribution in [0.4, 0.5) is 0 Å². The minimum absolute atomic E-state index is 0.254. The first-order chi connectivity index (χ1) is 15.0. The highest BCUT2D eigenvalue weighted by Crippen LogP contribution is 2.39. The standard InChI is InChI=1S/C23H27NO6S/c1-26-18-12-15(22(31)24-10-6-5-7-11-24)8-9-17(18)30-23(25)16-13-19(27-2)21(29-4)20(14-16)28-3/h8-9,12-14H,5-7,10-11H2,1-4H3. The van der Waals surface area contributed by atoms with E-state index in [0.29, 0.717) is 28.7 Å². The molecule has 0 saturated carbocycles. The van der Waals surface area contributed by atoms with Crippen LogP contribution in [0.1, 0.15) is 35.2 Å². The third kappa shape index (κ3) is 5.02. The Kier molecular flexibility index (Phi) is 7.57. The molecule has 0 aliphatic carbocycles. The predicted octanol–water partition coefficient (Wildman–Crippen LogP) is 4.10. The number of carbonyl (C=O) groups excluding carboxylic acids is 1. The molecule has 1 heterocycles. The van der Waals surface area contributed by atoms with E-state index in [-0.39, 0.29) is 5.56 Å². The summed E-state index contributed by atoms with van der Waals surface area (Å²) < 4.78 is 27.0. The minimum atomic E-state index is -0.580. The van der Waals surface area contributed by atoms with Gasteiger partial charge in [-0.25, -0.2) is 4.79 Å². The van der Waals surface area contributed by atoms with Crippen molar-refractivity contribution in [1.82, 2.24) is 4.90 Å². The van der Waals surface area contributed by atoms with E-state index in [1.54, 1.807) is 12.1 Å². The first kappa shape index (κ1) is 22.7. The Morgan fingerprint density at radius 3 is 1.90 bits per heavy atom. The van der Waals surface area contributed by atoms with Crippen molar-refractivity contribution in [2.24, 2.45) is 0 Å². The molecular formula is C23H27NO6S. The Morgan fingerprint density at radius 2 is 1.35 bits per heavy atom. The lowest BCUT2D eigenvalue weighted by molar-refractivity contribution is 0.0729. The van der Waals surface area contributed by atoms with E-state index in [9.17, 15) is 4.79 Å². The number of likely N-dealkylation sites (tertiary alicyclic amines) is 1. The van der Waals surface area contributed by atoms with Crippen molar-refractivity contribution in [3.05, 3.63) is 41.5 Å². The monoisotopic (exact) mass is 445 g/mol. The molecule has 7 nitrogen and oxygen atoms in total. The van der Waals surface area contributed by atoms with E-state index in [1.807, 2.05) is 6.07 Å². The molecule has 2 aromatic rings. The van der Waals surface area contributed by atoms with Gasteiger partial charge >= 0.3 is 5.97 Å². The lowest BCUT2D eigenvalue weighted by atomic mass is 10.1. The molecule has 0 aromatic heterocycles. The van der Waals surface area contributed by atoms with Crippen molar-refractivity contribution in [1.29, 1.82) is 0 Å². The van der Waals surface area contributed by atoms with Crippen LogP contribution < -0.4 is 23.7 Å². The molecule has 1 aliphatic rings. The zero-order valence-electron chi connectivity index (χ0n) is 18.2. The summed E-state index contributed by atoms with van der Waals surface area (Å²) in [4.78, 5) is 15.8. The number of carbonyl (C=O) groups is 1. The number of esters is 1. The molecule has 2 aromatic carbocycles. The summed E-state index contributed by atoms with van der Waals surface area (Å²) in [5.74, 6) is 1.27. The number of benzene rings is 2. The van der Waals surface area contributed by atoms with Gasteiger partial charge in [0, 0.05) is 18.7 Å². The van der Waals surface area contributed by atoms with E-state index >= 15 is 0 Å². The lowest BCUT2D eigenvalue weighted by Gasteiger charge is -2.29. The SMILES string of the molecule is COc1cc(C(=S)N2CCCCC2)ccc1OC(=O)c1cc(OC)c(OC)c(OC)c1. The second kappa shape index (κ2) is 10.3. The summed E-state index contributed by atoms with van der Waals surface area (Å²) in [6, 6.07) is 8.42. The highest BCUT2D eigenvalue weighted by Gasteiger charge is 2.21. The smallest absolute Gasteiger partial charge is 0.343 e. The topological polar surface area (TPSA) is 66.5 Å². The van der Waals surface area contributed by atoms with Crippen molar-refractivity contribution < 1.29 is 28.5 Å². The van der Waals surface area contributed by atoms with E-state index < -0.39 is 5.97 Å². The number of hydrogen-bond donors (Lipinski definition) is 0. The molecule has 0 unspecified atom stereocenters. The molecule has 1 aliphatic heterocycles. The molecule has 0 bridgehead atoms. The van der Waals surface area contributed by atoms with Crippen LogP contribution in [0.2, 0.25) is 0 Å². The molecular weight excluding hydrogens is 418 g/mol. The Balaban J connectivity index is 1.83. The van der Waals surface area contributed by atoms with Crippen LogP contribution in [0.5, 0.6) is 28.7 Å². The zero-order valence-corrected chi connectivity index (χ0v) is 19.0. The van der Waals surface area contributed by atoms with E-state index in [1.165, 1.54) is 47.0 Å². The van der Waals surface area contributed by atoms with Gasteiger partial charge in [0.2, 0.25) is 5.75 Å². The lowest BCUT2D eigenvalue weighted by Crippen LogP contribution is -2.34. The van der Waals surface area contributed by atoms with Crippen LogP contribution in [0.15, 0.2) is 30.3 Å². The van der Waals surface area contributed by atoms with Crippen LogP contribution in [0, 0.1) is 0 Å². The summed E-state index contributed by atoms with van der Waals surface area (Å²) in [5.41, 5.74) is 1.12. The van der Waals surface area contributed by atoms with Gasteiger partial charge in [0.05, 0.1) is 34.0 Å². The van der Waals surface area contributed by atoms with E-state index in [0.717, 1.165) is 36.5 Å². The van der Waals surface area contributed by atoms with Crippen LogP contribution >= 0.6 is 12.2 Å². The number of rotatable bonds is 7. The third-order valence-corrected chi connectivity index (χ3v) is 5.65. The molecule has 166 valence electrons. The van der Waals surface area contributed by atoms with Gasteiger partial charge in [0.25, 0.3) is 0 Å². The predicted molar refractivity (Wildman–Crippen MR) is 121 cm³/mol. The van der Waals surface area contributed by atoms with Crippen molar-refractivity contribution in [2.45, 2.75) is 19.3 Å². The average molecular weight is 446 g/mol. The summed E-state index contributed by atoms with van der Waals surface area (Å²) in [7, 11) is 6.00. The van der Waals surface area contributed by atoms with Crippen molar-refractivity contribution >= 4 is 23.2 Å². The number of hydrogen-bond acceptors (Lipinski definition) is 7. The Labute approximate surface area is 187 Å². The van der Waals surface area contributed by atoms with Crippen LogP contribution in [0.3, 0.4) is 0 Å². The molecule has 1 saturated heterocycles. The number of nitrogens with zero attached hydrogens (tertiary/aromatic N) is 1. The molecule has 0 N–H and O–H groups in total. The highest BCUT2D eigenvalue weighted by atomic mass is 32.1. The quantitative estimate of drug-likeness (QED) is 0.359. The first-order valence-electron chi connectivity index (χ1n) is 10.0. The van der Waals surface area contributed by atoms with Crippen LogP contribution in [-0.4, -0.2) is 57.4 Å². The summed E-state index contributed by atoms with van der Waals surface area (Å²) in [6.45, 7) is 1.91. The largest absolute Gasteiger partial charge is 0.493 e. The highest BCUT2D eigenvalue weighted by molar-refractivity contribution is 7.80. The average Bonchev–Trinajstić information content (AvgIpc) is 2.83. The minimum Gasteiger partial charge on any atom is -0.493 e. The summed E-state index contributed by atoms with van der Waals surface area (Å²) in [5, 5.41) is 0. The molecule has 0 amide bonds. The van der Waals surface area contributed by atoms with Crippen LogP contribution in [0.25, 0.3) is 0 Å². The van der Waals surface area contributed by atoms with Gasteiger partial charge < -0.3 is 28.6 Å². The van der Waals surface area contributed by atoms with Gasteiger partial charge in [-0.05, 0) is 49.6 Å². The molecule has 8 heteroatoms. The summed E-state index contributed by atoms with van der Waals surface area (Å²) >= 11 is 5.66. The number of methoxy groups -OCH3 is 4. The fraction of sp³-hybridized carbons (Fsp3) is 0.391. The van der Waals surface area contributed by atoms with Crippen molar-refractivity contribution in [3.63, 3.8) is 0 Å². The maximum atomic E-state index is 12.8. The van der Waals surface area contributed by atoms with Gasteiger partial charge in [-0.1, -0.05) is 12.2 Å². The second-order valence-corrected chi connectivity index (χ2v) is 7.41. The zero-order chi connectivity index (χ0) is 22.4. The molecule has 0 atom stereocenters. The fourth-order valence-electron chi connectivity index (χ4n) is 3.52. The van der Waals surface area contributed by atoms with Gasteiger partial charge in [0.15, 0.2) is 23.0 Å². The van der Waals surface area contributed by atoms with Crippen molar-refractivity contribution in [2.75, 3.05) is 41.5 Å². The Bertz CT molecular complexity index is 930. The Hall–Kier alpha value is -3.00. The van der Waals surface area contributed by atoms with E-state index in [2.05, 4.69) is 4.90 Å². The van der Waals surface area contributed by atoms with Crippen LogP contribution in [-0.2, 0) is 0 Å². The molecule has 0 radical (unpaired) electrons. The fourth-order valence-corrected chi connectivity index (χ4v) is 3.83. The van der Waals surface area contributed by atoms with Gasteiger partial charge in [-0.3, -0.25) is 0 Å². The summed E-state index contributed by atoms with van der Waals surface area (Å²) in [6.07, 6.45) is 3.52. The Morgan fingerprint density at radius 1 is 0.774 bits per heavy atom. The normalized spacial score (nSPS) is 13.4. The maximum absolute atomic E-state index is 12.8. The van der Waals surface area contributed by atoms with E-state index in [4.69, 9.17) is 35.9 Å². The number of ether oxygens (including phenoxy) is 5. The van der Waals surface area contributed by atoms with Crippen molar-refractivity contribution in [3.8, 4) is 28.7 Å². The molecule has 31 heavy (non-hydrogen) atoms. The van der Waals surface area contributed by atoms with Gasteiger partial charge in [-0.15, -0.1) is 0 Å². The third-order valence-electron chi connectivity index (χ3n) is 5.16. The molecule has 1 fully saturated rings. The molecule has 0 spiro atoms.